The van der Waals surface area contributed by atoms with E-state index in [1.54, 1.807) is 36.1 Å². The van der Waals surface area contributed by atoms with E-state index in [2.05, 4.69) is 0 Å². The molecule has 1 heterocycles. The zero-order valence-electron chi connectivity index (χ0n) is 12.2. The lowest BCUT2D eigenvalue weighted by atomic mass is 9.90. The van der Waals surface area contributed by atoms with Crippen molar-refractivity contribution < 1.29 is 14.3 Å². The van der Waals surface area contributed by atoms with Crippen LogP contribution in [0.1, 0.15) is 36.5 Å². The van der Waals surface area contributed by atoms with Gasteiger partial charge in [0.2, 0.25) is 0 Å². The number of hydrogen-bond donors (Lipinski definition) is 0. The highest BCUT2D eigenvalue weighted by molar-refractivity contribution is 6.31. The first kappa shape index (κ1) is 15.8. The Bertz CT molecular complexity index is 510. The third-order valence-corrected chi connectivity index (χ3v) is 4.00. The zero-order chi connectivity index (χ0) is 15.2. The molecule has 1 saturated heterocycles. The number of carbonyl (C=O) groups excluding carboxylic acids is 2. The number of ketones is 1. The zero-order valence-corrected chi connectivity index (χ0v) is 12.9. The molecule has 5 heteroatoms. The Morgan fingerprint density at radius 3 is 2.67 bits per heavy atom. The molecule has 0 saturated carbocycles. The van der Waals surface area contributed by atoms with Crippen LogP contribution in [0, 0.1) is 5.92 Å². The van der Waals surface area contributed by atoms with Gasteiger partial charge in [-0.3, -0.25) is 4.79 Å². The smallest absolute Gasteiger partial charge is 0.409 e. The fraction of sp³-hybridized carbons (Fsp3) is 0.500. The van der Waals surface area contributed by atoms with Crippen LogP contribution in [0.5, 0.6) is 0 Å². The molecule has 1 amide bonds. The van der Waals surface area contributed by atoms with Crippen LogP contribution >= 0.6 is 11.6 Å². The van der Waals surface area contributed by atoms with E-state index in [1.807, 2.05) is 0 Å². The molecule has 0 bridgehead atoms. The van der Waals surface area contributed by atoms with E-state index in [1.165, 1.54) is 0 Å². The van der Waals surface area contributed by atoms with Gasteiger partial charge in [0.25, 0.3) is 0 Å². The van der Waals surface area contributed by atoms with Gasteiger partial charge in [0.05, 0.1) is 6.61 Å². The van der Waals surface area contributed by atoms with E-state index in [-0.39, 0.29) is 11.9 Å². The van der Waals surface area contributed by atoms with E-state index in [9.17, 15) is 9.59 Å². The molecule has 1 fully saturated rings. The molecular weight excluding hydrogens is 290 g/mol. The van der Waals surface area contributed by atoms with E-state index < -0.39 is 0 Å². The number of carbonyl (C=O) groups is 2. The van der Waals surface area contributed by atoms with Crippen LogP contribution in [0.2, 0.25) is 5.02 Å². The second-order valence-electron chi connectivity index (χ2n) is 5.27. The Morgan fingerprint density at radius 1 is 1.33 bits per heavy atom. The van der Waals surface area contributed by atoms with Gasteiger partial charge in [-0.15, -0.1) is 0 Å². The van der Waals surface area contributed by atoms with Gasteiger partial charge in [-0.2, -0.15) is 0 Å². The largest absolute Gasteiger partial charge is 0.450 e. The monoisotopic (exact) mass is 309 g/mol. The first-order valence-electron chi connectivity index (χ1n) is 7.30. The Hall–Kier alpha value is -1.55. The summed E-state index contributed by atoms with van der Waals surface area (Å²) in [4.78, 5) is 25.5. The molecule has 0 spiro atoms. The molecule has 1 aliphatic heterocycles. The lowest BCUT2D eigenvalue weighted by Crippen LogP contribution is -2.39. The van der Waals surface area contributed by atoms with Gasteiger partial charge in [-0.25, -0.2) is 4.79 Å². The van der Waals surface area contributed by atoms with Crippen molar-refractivity contribution in [1.29, 1.82) is 0 Å². The number of halogens is 1. The average molecular weight is 310 g/mol. The molecular formula is C16H20ClNO3. The van der Waals surface area contributed by atoms with Gasteiger partial charge in [-0.1, -0.05) is 23.7 Å². The summed E-state index contributed by atoms with van der Waals surface area (Å²) in [6, 6.07) is 7.05. The number of nitrogens with zero attached hydrogens (tertiary/aromatic N) is 1. The van der Waals surface area contributed by atoms with Crippen molar-refractivity contribution in [2.75, 3.05) is 19.7 Å². The van der Waals surface area contributed by atoms with Crippen LogP contribution in [-0.4, -0.2) is 36.5 Å². The third-order valence-electron chi connectivity index (χ3n) is 3.76. The maximum Gasteiger partial charge on any atom is 0.409 e. The Kier molecular flexibility index (Phi) is 5.62. The molecule has 1 aliphatic rings. The first-order chi connectivity index (χ1) is 10.1. The van der Waals surface area contributed by atoms with Crippen LogP contribution in [0.4, 0.5) is 4.79 Å². The summed E-state index contributed by atoms with van der Waals surface area (Å²) in [7, 11) is 0. The summed E-state index contributed by atoms with van der Waals surface area (Å²) in [5.41, 5.74) is 0.662. The van der Waals surface area contributed by atoms with Crippen molar-refractivity contribution in [2.45, 2.75) is 26.2 Å². The molecule has 0 N–H and O–H groups in total. The fourth-order valence-corrected chi connectivity index (χ4v) is 2.77. The fourth-order valence-electron chi connectivity index (χ4n) is 2.58. The second-order valence-corrected chi connectivity index (χ2v) is 5.70. The standard InChI is InChI=1S/C16H20ClNO3/c1-2-21-16(20)18-8-6-12(7-9-18)10-15(19)13-4-3-5-14(17)11-13/h3-5,11-12H,2,6-10H2,1H3. The van der Waals surface area contributed by atoms with E-state index >= 15 is 0 Å². The van der Waals surface area contributed by atoms with Crippen molar-refractivity contribution in [3.05, 3.63) is 34.9 Å². The minimum absolute atomic E-state index is 0.118. The normalized spacial score (nSPS) is 15.8. The highest BCUT2D eigenvalue weighted by Crippen LogP contribution is 2.23. The summed E-state index contributed by atoms with van der Waals surface area (Å²) < 4.78 is 4.99. The quantitative estimate of drug-likeness (QED) is 0.795. The summed E-state index contributed by atoms with van der Waals surface area (Å²) in [5, 5.41) is 0.581. The Balaban J connectivity index is 1.83. The summed E-state index contributed by atoms with van der Waals surface area (Å²) in [6.45, 7) is 3.51. The molecule has 4 nitrogen and oxygen atoms in total. The molecule has 114 valence electrons. The predicted molar refractivity (Wildman–Crippen MR) is 81.7 cm³/mol. The Morgan fingerprint density at radius 2 is 2.05 bits per heavy atom. The third kappa shape index (κ3) is 4.46. The van der Waals surface area contributed by atoms with Crippen molar-refractivity contribution in [3.63, 3.8) is 0 Å². The lowest BCUT2D eigenvalue weighted by Gasteiger charge is -2.30. The van der Waals surface area contributed by atoms with Gasteiger partial charge >= 0.3 is 6.09 Å². The van der Waals surface area contributed by atoms with Crippen molar-refractivity contribution in [2.24, 2.45) is 5.92 Å². The lowest BCUT2D eigenvalue weighted by molar-refractivity contribution is 0.0846. The van der Waals surface area contributed by atoms with Crippen molar-refractivity contribution in [1.82, 2.24) is 4.90 Å². The van der Waals surface area contributed by atoms with Crippen LogP contribution in [0.3, 0.4) is 0 Å². The highest BCUT2D eigenvalue weighted by atomic mass is 35.5. The average Bonchev–Trinajstić information content (AvgIpc) is 2.48. The van der Waals surface area contributed by atoms with E-state index in [0.29, 0.717) is 42.6 Å². The minimum Gasteiger partial charge on any atom is -0.450 e. The van der Waals surface area contributed by atoms with E-state index in [0.717, 1.165) is 12.8 Å². The maximum absolute atomic E-state index is 12.2. The molecule has 21 heavy (non-hydrogen) atoms. The highest BCUT2D eigenvalue weighted by Gasteiger charge is 2.25. The predicted octanol–water partition coefficient (Wildman–Crippen LogP) is 3.78. The van der Waals surface area contributed by atoms with Crippen molar-refractivity contribution in [3.8, 4) is 0 Å². The number of amides is 1. The molecule has 0 radical (unpaired) electrons. The summed E-state index contributed by atoms with van der Waals surface area (Å²) in [5.74, 6) is 0.439. The molecule has 1 aromatic rings. The van der Waals surface area contributed by atoms with Crippen molar-refractivity contribution >= 4 is 23.5 Å². The van der Waals surface area contributed by atoms with E-state index in [4.69, 9.17) is 16.3 Å². The van der Waals surface area contributed by atoms with Crippen LogP contribution in [-0.2, 0) is 4.74 Å². The van der Waals surface area contributed by atoms with Gasteiger partial charge in [-0.05, 0) is 37.8 Å². The number of hydrogen-bond acceptors (Lipinski definition) is 3. The number of ether oxygens (including phenoxy) is 1. The first-order valence-corrected chi connectivity index (χ1v) is 7.68. The van der Waals surface area contributed by atoms with Gasteiger partial charge in [0, 0.05) is 30.1 Å². The van der Waals surface area contributed by atoms with Gasteiger partial charge in [0.15, 0.2) is 5.78 Å². The van der Waals surface area contributed by atoms with Gasteiger partial charge < -0.3 is 9.64 Å². The SMILES string of the molecule is CCOC(=O)N1CCC(CC(=O)c2cccc(Cl)c2)CC1. The molecule has 2 rings (SSSR count). The number of likely N-dealkylation sites (tertiary alicyclic amines) is 1. The Labute approximate surface area is 130 Å². The van der Waals surface area contributed by atoms with Gasteiger partial charge in [0.1, 0.15) is 0 Å². The molecule has 1 aromatic carbocycles. The molecule has 0 aromatic heterocycles. The van der Waals surface area contributed by atoms with Crippen LogP contribution in [0.15, 0.2) is 24.3 Å². The summed E-state index contributed by atoms with van der Waals surface area (Å²) >= 11 is 5.91. The molecule has 0 aliphatic carbocycles. The number of piperidine rings is 1. The number of Topliss-reactive ketones (excluding diaryl/α,β-unsaturated/α-hetero) is 1. The number of rotatable bonds is 4. The van der Waals surface area contributed by atoms with Crippen LogP contribution in [0.25, 0.3) is 0 Å². The topological polar surface area (TPSA) is 46.6 Å². The molecule has 0 atom stereocenters. The number of benzene rings is 1. The second kappa shape index (κ2) is 7.46. The summed E-state index contributed by atoms with van der Waals surface area (Å²) in [6.07, 6.45) is 1.94. The minimum atomic E-state index is -0.253. The van der Waals surface area contributed by atoms with Crippen LogP contribution < -0.4 is 0 Å². The maximum atomic E-state index is 12.2. The molecule has 0 unspecified atom stereocenters.